The number of rotatable bonds is 2. The topological polar surface area (TPSA) is 78.1 Å². The second-order valence-corrected chi connectivity index (χ2v) is 3.18. The fraction of sp³-hybridized carbons (Fsp3) is 0.333. The third-order valence-electron chi connectivity index (χ3n) is 2.07. The Morgan fingerprint density at radius 3 is 2.27 bits per heavy atom. The first-order valence-electron chi connectivity index (χ1n) is 4.28. The largest absolute Gasteiger partial charge is 0.416 e. The van der Waals surface area contributed by atoms with Crippen molar-refractivity contribution >= 4 is 5.69 Å². The minimum absolute atomic E-state index is 0.0165. The number of hydrogen-bond donors (Lipinski definition) is 3. The highest BCUT2D eigenvalue weighted by molar-refractivity contribution is 5.51. The van der Waals surface area contributed by atoms with Gasteiger partial charge in [-0.05, 0) is 17.7 Å². The molecule has 1 aromatic carbocycles. The van der Waals surface area contributed by atoms with Gasteiger partial charge in [0.2, 0.25) is 0 Å². The average Bonchev–Trinajstić information content (AvgIpc) is 2.15. The number of alkyl halides is 3. The van der Waals surface area contributed by atoms with Crippen LogP contribution < -0.4 is 17.2 Å². The highest BCUT2D eigenvalue weighted by Crippen LogP contribution is 2.32. The van der Waals surface area contributed by atoms with Gasteiger partial charge in [0.25, 0.3) is 0 Å². The second kappa shape index (κ2) is 4.08. The fourth-order valence-electron chi connectivity index (χ4n) is 1.22. The minimum Gasteiger partial charge on any atom is -0.398 e. The van der Waals surface area contributed by atoms with E-state index in [0.717, 1.165) is 12.1 Å². The molecule has 0 radical (unpaired) electrons. The van der Waals surface area contributed by atoms with Crippen LogP contribution in [0.3, 0.4) is 0 Å². The predicted octanol–water partition coefficient (Wildman–Crippen LogP) is 1.25. The van der Waals surface area contributed by atoms with Gasteiger partial charge >= 0.3 is 6.18 Å². The van der Waals surface area contributed by atoms with Gasteiger partial charge in [-0.15, -0.1) is 0 Å². The molecule has 0 unspecified atom stereocenters. The molecule has 0 bridgehead atoms. The van der Waals surface area contributed by atoms with E-state index in [9.17, 15) is 13.2 Å². The van der Waals surface area contributed by atoms with Crippen LogP contribution in [0, 0.1) is 0 Å². The molecule has 1 atom stereocenters. The monoisotopic (exact) mass is 219 g/mol. The van der Waals surface area contributed by atoms with Gasteiger partial charge in [0, 0.05) is 18.3 Å². The SMILES string of the molecule is NC[C@H](N)c1ccc(C(F)(F)F)cc1N. The van der Waals surface area contributed by atoms with Crippen LogP contribution in [0.25, 0.3) is 0 Å². The zero-order valence-corrected chi connectivity index (χ0v) is 7.88. The van der Waals surface area contributed by atoms with Crippen LogP contribution in [0.5, 0.6) is 0 Å². The van der Waals surface area contributed by atoms with Crippen LogP contribution in [0.15, 0.2) is 18.2 Å². The summed E-state index contributed by atoms with van der Waals surface area (Å²) < 4.78 is 36.8. The molecule has 0 amide bonds. The number of hydrogen-bond acceptors (Lipinski definition) is 3. The molecule has 0 spiro atoms. The van der Waals surface area contributed by atoms with Crippen molar-refractivity contribution in [2.24, 2.45) is 11.5 Å². The first-order valence-corrected chi connectivity index (χ1v) is 4.28. The quantitative estimate of drug-likeness (QED) is 0.655. The van der Waals surface area contributed by atoms with Crippen LogP contribution in [0.4, 0.5) is 18.9 Å². The minimum atomic E-state index is -4.39. The maximum absolute atomic E-state index is 12.3. The lowest BCUT2D eigenvalue weighted by Crippen LogP contribution is -2.22. The van der Waals surface area contributed by atoms with E-state index in [-0.39, 0.29) is 12.2 Å². The molecule has 1 aromatic rings. The van der Waals surface area contributed by atoms with E-state index in [1.54, 1.807) is 0 Å². The van der Waals surface area contributed by atoms with Crippen molar-refractivity contribution in [1.29, 1.82) is 0 Å². The highest BCUT2D eigenvalue weighted by Gasteiger charge is 2.30. The van der Waals surface area contributed by atoms with Crippen molar-refractivity contribution in [2.45, 2.75) is 12.2 Å². The third-order valence-corrected chi connectivity index (χ3v) is 2.07. The number of nitrogen functional groups attached to an aromatic ring is 1. The van der Waals surface area contributed by atoms with Crippen LogP contribution in [0.1, 0.15) is 17.2 Å². The molecule has 84 valence electrons. The van der Waals surface area contributed by atoms with Gasteiger partial charge in [-0.2, -0.15) is 13.2 Å². The Hall–Kier alpha value is -1.27. The zero-order valence-electron chi connectivity index (χ0n) is 7.88. The Labute approximate surface area is 85.0 Å². The van der Waals surface area contributed by atoms with Crippen molar-refractivity contribution in [3.63, 3.8) is 0 Å². The normalized spacial score (nSPS) is 13.9. The summed E-state index contributed by atoms with van der Waals surface area (Å²) in [6, 6.07) is 2.54. The molecule has 3 nitrogen and oxygen atoms in total. The molecule has 0 aliphatic carbocycles. The first kappa shape index (κ1) is 11.8. The summed E-state index contributed by atoms with van der Waals surface area (Å²) in [6.07, 6.45) is -4.39. The van der Waals surface area contributed by atoms with E-state index in [4.69, 9.17) is 17.2 Å². The van der Waals surface area contributed by atoms with E-state index in [1.807, 2.05) is 0 Å². The highest BCUT2D eigenvalue weighted by atomic mass is 19.4. The van der Waals surface area contributed by atoms with Crippen LogP contribution >= 0.6 is 0 Å². The third kappa shape index (κ3) is 2.60. The molecule has 0 saturated carbocycles. The summed E-state index contributed by atoms with van der Waals surface area (Å²) in [4.78, 5) is 0. The molecule has 0 aliphatic heterocycles. The molecule has 0 heterocycles. The van der Waals surface area contributed by atoms with Gasteiger partial charge < -0.3 is 17.2 Å². The van der Waals surface area contributed by atoms with Gasteiger partial charge in [-0.1, -0.05) is 6.07 Å². The van der Waals surface area contributed by atoms with Crippen molar-refractivity contribution in [3.05, 3.63) is 29.3 Å². The zero-order chi connectivity index (χ0) is 11.6. The smallest absolute Gasteiger partial charge is 0.398 e. The fourth-order valence-corrected chi connectivity index (χ4v) is 1.22. The average molecular weight is 219 g/mol. The number of anilines is 1. The maximum atomic E-state index is 12.3. The molecular weight excluding hydrogens is 207 g/mol. The summed E-state index contributed by atoms with van der Waals surface area (Å²) >= 11 is 0. The Bertz CT molecular complexity index is 349. The number of nitrogens with two attached hydrogens (primary N) is 3. The molecule has 1 rings (SSSR count). The molecule has 0 fully saturated rings. The Morgan fingerprint density at radius 2 is 1.87 bits per heavy atom. The summed E-state index contributed by atoms with van der Waals surface area (Å²) in [6.45, 7) is 0.134. The maximum Gasteiger partial charge on any atom is 0.416 e. The van der Waals surface area contributed by atoms with Gasteiger partial charge in [0.05, 0.1) is 5.56 Å². The van der Waals surface area contributed by atoms with Crippen LogP contribution in [0.2, 0.25) is 0 Å². The molecule has 0 saturated heterocycles. The van der Waals surface area contributed by atoms with Crippen molar-refractivity contribution in [2.75, 3.05) is 12.3 Å². The predicted molar refractivity (Wildman–Crippen MR) is 51.8 cm³/mol. The Morgan fingerprint density at radius 1 is 1.27 bits per heavy atom. The van der Waals surface area contributed by atoms with Crippen molar-refractivity contribution in [3.8, 4) is 0 Å². The van der Waals surface area contributed by atoms with Crippen LogP contribution in [-0.2, 0) is 6.18 Å². The van der Waals surface area contributed by atoms with Gasteiger partial charge in [-0.3, -0.25) is 0 Å². The molecule has 15 heavy (non-hydrogen) atoms. The lowest BCUT2D eigenvalue weighted by atomic mass is 10.0. The lowest BCUT2D eigenvalue weighted by molar-refractivity contribution is -0.137. The van der Waals surface area contributed by atoms with E-state index < -0.39 is 17.8 Å². The van der Waals surface area contributed by atoms with E-state index >= 15 is 0 Å². The number of benzene rings is 1. The molecule has 0 aliphatic rings. The van der Waals surface area contributed by atoms with E-state index in [1.165, 1.54) is 6.07 Å². The summed E-state index contributed by atoms with van der Waals surface area (Å²) in [5.74, 6) is 0. The molecular formula is C9H12F3N3. The standard InChI is InChI=1S/C9H12F3N3/c10-9(11,12)5-1-2-6(7(14)3-5)8(15)4-13/h1-3,8H,4,13-15H2/t8-/m0/s1. The lowest BCUT2D eigenvalue weighted by Gasteiger charge is -2.14. The Balaban J connectivity index is 3.09. The summed E-state index contributed by atoms with van der Waals surface area (Å²) in [5.41, 5.74) is 16.0. The van der Waals surface area contributed by atoms with Gasteiger partial charge in [-0.25, -0.2) is 0 Å². The van der Waals surface area contributed by atoms with Crippen molar-refractivity contribution in [1.82, 2.24) is 0 Å². The van der Waals surface area contributed by atoms with Gasteiger partial charge in [0.15, 0.2) is 0 Å². The summed E-state index contributed by atoms with van der Waals surface area (Å²) in [7, 11) is 0. The second-order valence-electron chi connectivity index (χ2n) is 3.18. The summed E-state index contributed by atoms with van der Waals surface area (Å²) in [5, 5.41) is 0. The van der Waals surface area contributed by atoms with Gasteiger partial charge in [0.1, 0.15) is 0 Å². The molecule has 0 aromatic heterocycles. The first-order chi connectivity index (χ1) is 6.86. The Kier molecular flexibility index (Phi) is 3.21. The van der Waals surface area contributed by atoms with E-state index in [0.29, 0.717) is 5.56 Å². The molecule has 6 heteroatoms. The van der Waals surface area contributed by atoms with E-state index in [2.05, 4.69) is 0 Å². The van der Waals surface area contributed by atoms with Crippen LogP contribution in [-0.4, -0.2) is 6.54 Å². The molecule has 6 N–H and O–H groups in total. The van der Waals surface area contributed by atoms with Crippen molar-refractivity contribution < 1.29 is 13.2 Å². The number of halogens is 3.